The first kappa shape index (κ1) is 22.1. The standard InChI is InChI=1S/C23H26N8O2/c1-17(18-9-5-4-6-10-18)28-29-22-25-21(24-19-11-13-20(14-12-19)31(32)33)26-23(27-22)30-15-7-2-3-8-16-30/h4-6,9-14H,2-3,7-8,15-16H2,1H3,(H2,24,25,26,27,29)/b28-17+. The van der Waals surface area contributed by atoms with E-state index in [1.807, 2.05) is 37.3 Å². The highest BCUT2D eigenvalue weighted by Crippen LogP contribution is 2.22. The lowest BCUT2D eigenvalue weighted by atomic mass is 10.1. The molecule has 2 heterocycles. The van der Waals surface area contributed by atoms with Gasteiger partial charge >= 0.3 is 0 Å². The van der Waals surface area contributed by atoms with E-state index in [-0.39, 0.29) is 5.69 Å². The lowest BCUT2D eigenvalue weighted by Crippen LogP contribution is -2.26. The predicted molar refractivity (Wildman–Crippen MR) is 129 cm³/mol. The molecule has 2 aromatic carbocycles. The minimum absolute atomic E-state index is 0.0227. The summed E-state index contributed by atoms with van der Waals surface area (Å²) >= 11 is 0. The maximum Gasteiger partial charge on any atom is 0.269 e. The highest BCUT2D eigenvalue weighted by molar-refractivity contribution is 5.98. The number of anilines is 4. The van der Waals surface area contributed by atoms with E-state index in [0.29, 0.717) is 23.5 Å². The SMILES string of the molecule is C/C(=N\Nc1nc(Nc2ccc([N+](=O)[O-])cc2)nc(N2CCCCCC2)n1)c1ccccc1. The van der Waals surface area contributed by atoms with Crippen LogP contribution in [0.1, 0.15) is 38.2 Å². The topological polar surface area (TPSA) is 121 Å². The largest absolute Gasteiger partial charge is 0.341 e. The number of hydrogen-bond donors (Lipinski definition) is 2. The number of rotatable bonds is 7. The van der Waals surface area contributed by atoms with E-state index in [1.54, 1.807) is 12.1 Å². The van der Waals surface area contributed by atoms with E-state index in [1.165, 1.54) is 25.0 Å². The van der Waals surface area contributed by atoms with Gasteiger partial charge in [0.05, 0.1) is 10.6 Å². The molecule has 0 saturated carbocycles. The maximum atomic E-state index is 10.9. The molecule has 170 valence electrons. The van der Waals surface area contributed by atoms with Gasteiger partial charge in [0.25, 0.3) is 5.69 Å². The zero-order valence-electron chi connectivity index (χ0n) is 18.4. The van der Waals surface area contributed by atoms with Crippen LogP contribution in [0.5, 0.6) is 0 Å². The van der Waals surface area contributed by atoms with Gasteiger partial charge in [-0.15, -0.1) is 0 Å². The van der Waals surface area contributed by atoms with Crippen LogP contribution in [0.15, 0.2) is 59.7 Å². The number of hydrazone groups is 1. The molecule has 1 aliphatic heterocycles. The Morgan fingerprint density at radius 1 is 0.939 bits per heavy atom. The minimum atomic E-state index is -0.431. The van der Waals surface area contributed by atoms with Crippen molar-refractivity contribution < 1.29 is 4.92 Å². The second kappa shape index (κ2) is 10.5. The summed E-state index contributed by atoms with van der Waals surface area (Å²) in [5.74, 6) is 1.24. The van der Waals surface area contributed by atoms with E-state index in [2.05, 4.69) is 35.7 Å². The molecule has 0 amide bonds. The normalized spacial score (nSPS) is 14.5. The van der Waals surface area contributed by atoms with Gasteiger partial charge in [0.15, 0.2) is 0 Å². The third kappa shape index (κ3) is 6.00. The number of non-ortho nitro benzene ring substituents is 1. The molecule has 0 spiro atoms. The van der Waals surface area contributed by atoms with E-state index in [9.17, 15) is 10.1 Å². The van der Waals surface area contributed by atoms with Crippen molar-refractivity contribution in [3.63, 3.8) is 0 Å². The molecule has 1 fully saturated rings. The van der Waals surface area contributed by atoms with Crippen LogP contribution < -0.4 is 15.6 Å². The molecule has 4 rings (SSSR count). The van der Waals surface area contributed by atoms with Crippen molar-refractivity contribution in [2.24, 2.45) is 5.10 Å². The average Bonchev–Trinajstić information content (AvgIpc) is 3.13. The third-order valence-corrected chi connectivity index (χ3v) is 5.36. The van der Waals surface area contributed by atoms with Crippen LogP contribution >= 0.6 is 0 Å². The van der Waals surface area contributed by atoms with Crippen molar-refractivity contribution in [3.8, 4) is 0 Å². The van der Waals surface area contributed by atoms with E-state index < -0.39 is 4.92 Å². The summed E-state index contributed by atoms with van der Waals surface area (Å²) in [5.41, 5.74) is 5.42. The van der Waals surface area contributed by atoms with Crippen molar-refractivity contribution in [1.82, 2.24) is 15.0 Å². The highest BCUT2D eigenvalue weighted by Gasteiger charge is 2.16. The van der Waals surface area contributed by atoms with Crippen LogP contribution in [0.4, 0.5) is 29.2 Å². The quantitative estimate of drug-likeness (QED) is 0.303. The maximum absolute atomic E-state index is 10.9. The van der Waals surface area contributed by atoms with E-state index in [0.717, 1.165) is 37.2 Å². The first-order chi connectivity index (χ1) is 16.1. The Labute approximate surface area is 191 Å². The van der Waals surface area contributed by atoms with Gasteiger partial charge in [-0.1, -0.05) is 43.2 Å². The zero-order valence-corrected chi connectivity index (χ0v) is 18.4. The van der Waals surface area contributed by atoms with Gasteiger partial charge in [0, 0.05) is 30.9 Å². The van der Waals surface area contributed by atoms with Gasteiger partial charge in [-0.25, -0.2) is 5.43 Å². The van der Waals surface area contributed by atoms with Crippen molar-refractivity contribution in [2.45, 2.75) is 32.6 Å². The van der Waals surface area contributed by atoms with Gasteiger partial charge in [0.2, 0.25) is 17.8 Å². The van der Waals surface area contributed by atoms with Crippen LogP contribution in [0.25, 0.3) is 0 Å². The van der Waals surface area contributed by atoms with Crippen LogP contribution in [-0.2, 0) is 0 Å². The molecule has 10 heteroatoms. The molecule has 10 nitrogen and oxygen atoms in total. The Morgan fingerprint density at radius 3 is 2.27 bits per heavy atom. The number of aromatic nitrogens is 3. The number of nitro benzene ring substituents is 1. The van der Waals surface area contributed by atoms with Crippen molar-refractivity contribution in [3.05, 3.63) is 70.3 Å². The van der Waals surface area contributed by atoms with Crippen molar-refractivity contribution >= 4 is 34.9 Å². The summed E-state index contributed by atoms with van der Waals surface area (Å²) in [4.78, 5) is 26.3. The molecule has 0 bridgehead atoms. The molecular formula is C23H26N8O2. The first-order valence-electron chi connectivity index (χ1n) is 11.0. The first-order valence-corrected chi connectivity index (χ1v) is 11.0. The molecule has 1 saturated heterocycles. The molecule has 0 aliphatic carbocycles. The number of benzene rings is 2. The molecule has 0 unspecified atom stereocenters. The Balaban J connectivity index is 1.60. The molecule has 3 aromatic rings. The van der Waals surface area contributed by atoms with Crippen molar-refractivity contribution in [1.29, 1.82) is 0 Å². The van der Waals surface area contributed by atoms with E-state index >= 15 is 0 Å². The zero-order chi connectivity index (χ0) is 23.0. The smallest absolute Gasteiger partial charge is 0.269 e. The van der Waals surface area contributed by atoms with Gasteiger partial charge in [-0.3, -0.25) is 10.1 Å². The molecule has 0 radical (unpaired) electrons. The fourth-order valence-electron chi connectivity index (χ4n) is 3.56. The molecule has 1 aliphatic rings. The lowest BCUT2D eigenvalue weighted by Gasteiger charge is -2.21. The molecule has 33 heavy (non-hydrogen) atoms. The minimum Gasteiger partial charge on any atom is -0.341 e. The second-order valence-corrected chi connectivity index (χ2v) is 7.79. The van der Waals surface area contributed by atoms with Crippen molar-refractivity contribution in [2.75, 3.05) is 28.7 Å². The van der Waals surface area contributed by atoms with Gasteiger partial charge < -0.3 is 10.2 Å². The summed E-state index contributed by atoms with van der Waals surface area (Å²) in [7, 11) is 0. The summed E-state index contributed by atoms with van der Waals surface area (Å²) in [6.45, 7) is 3.68. The second-order valence-electron chi connectivity index (χ2n) is 7.79. The number of hydrogen-bond acceptors (Lipinski definition) is 9. The lowest BCUT2D eigenvalue weighted by molar-refractivity contribution is -0.384. The molecule has 0 atom stereocenters. The number of nitrogens with one attached hydrogen (secondary N) is 2. The Hall–Kier alpha value is -4.08. The predicted octanol–water partition coefficient (Wildman–Crippen LogP) is 4.74. The molecule has 1 aromatic heterocycles. The number of nitrogens with zero attached hydrogens (tertiary/aromatic N) is 6. The Bertz CT molecular complexity index is 1110. The van der Waals surface area contributed by atoms with Gasteiger partial charge in [0.1, 0.15) is 0 Å². The molecule has 2 N–H and O–H groups in total. The van der Waals surface area contributed by atoms with Gasteiger partial charge in [-0.05, 0) is 37.5 Å². The van der Waals surface area contributed by atoms with Gasteiger partial charge in [-0.2, -0.15) is 20.1 Å². The highest BCUT2D eigenvalue weighted by atomic mass is 16.6. The Morgan fingerprint density at radius 2 is 1.61 bits per heavy atom. The number of nitro groups is 1. The van der Waals surface area contributed by atoms with E-state index in [4.69, 9.17) is 0 Å². The summed E-state index contributed by atoms with van der Waals surface area (Å²) in [6.07, 6.45) is 4.57. The van der Waals surface area contributed by atoms with Crippen LogP contribution in [0.3, 0.4) is 0 Å². The fourth-order valence-corrected chi connectivity index (χ4v) is 3.56. The average molecular weight is 447 g/mol. The van der Waals surface area contributed by atoms with Crippen LogP contribution in [-0.4, -0.2) is 38.7 Å². The monoisotopic (exact) mass is 446 g/mol. The third-order valence-electron chi connectivity index (χ3n) is 5.36. The van der Waals surface area contributed by atoms with Crippen LogP contribution in [0.2, 0.25) is 0 Å². The van der Waals surface area contributed by atoms with Crippen LogP contribution in [0, 0.1) is 10.1 Å². The summed E-state index contributed by atoms with van der Waals surface area (Å²) < 4.78 is 0. The summed E-state index contributed by atoms with van der Waals surface area (Å²) in [5, 5.41) is 18.5. The summed E-state index contributed by atoms with van der Waals surface area (Å²) in [6, 6.07) is 16.0. The molecular weight excluding hydrogens is 420 g/mol. The Kier molecular flexibility index (Phi) is 7.03. The fraction of sp³-hybridized carbons (Fsp3) is 0.304.